The van der Waals surface area contributed by atoms with Gasteiger partial charge in [-0.2, -0.15) is 0 Å². The number of amides is 3. The van der Waals surface area contributed by atoms with Gasteiger partial charge in [0.2, 0.25) is 0 Å². The zero-order valence-corrected chi connectivity index (χ0v) is 14.5. The van der Waals surface area contributed by atoms with Gasteiger partial charge in [0.05, 0.1) is 9.85 Å². The normalized spacial score (nSPS) is 9.38. The Morgan fingerprint density at radius 1 is 0.931 bits per heavy atom. The average molecular weight is 406 g/mol. The van der Waals surface area contributed by atoms with E-state index in [1.54, 1.807) is 5.32 Å². The molecule has 13 nitrogen and oxygen atoms in total. The molecule has 2 aromatic carbocycles. The lowest BCUT2D eigenvalue weighted by atomic mass is 10.2. The fraction of sp³-hybridized carbons (Fsp3) is 0.0625. The Bertz CT molecular complexity index is 911. The molecule has 0 aliphatic carbocycles. The number of imide groups is 1. The fourth-order valence-corrected chi connectivity index (χ4v) is 1.77. The maximum Gasteiger partial charge on any atom is 0.411 e. The summed E-state index contributed by atoms with van der Waals surface area (Å²) >= 11 is 0. The fourth-order valence-electron chi connectivity index (χ4n) is 1.77. The molecule has 3 amide bonds. The zero-order chi connectivity index (χ0) is 22.0. The van der Waals surface area contributed by atoms with Gasteiger partial charge in [-0.25, -0.2) is 9.59 Å². The summed E-state index contributed by atoms with van der Waals surface area (Å²) in [5.74, 6) is -0.822. The van der Waals surface area contributed by atoms with Gasteiger partial charge in [0, 0.05) is 29.8 Å². The molecule has 0 saturated heterocycles. The first-order valence-electron chi connectivity index (χ1n) is 7.54. The van der Waals surface area contributed by atoms with Crippen LogP contribution in [0.4, 0.5) is 21.0 Å². The van der Waals surface area contributed by atoms with Crippen molar-refractivity contribution in [2.24, 2.45) is 5.73 Å². The van der Waals surface area contributed by atoms with Crippen molar-refractivity contribution in [3.63, 3.8) is 0 Å². The Morgan fingerprint density at radius 2 is 1.38 bits per heavy atom. The van der Waals surface area contributed by atoms with Crippen molar-refractivity contribution in [1.82, 2.24) is 5.32 Å². The zero-order valence-electron chi connectivity index (χ0n) is 14.5. The highest BCUT2D eigenvalue weighted by Crippen LogP contribution is 2.12. The highest BCUT2D eigenvalue weighted by atomic mass is 16.6. The number of nitro benzene ring substituents is 2. The van der Waals surface area contributed by atoms with E-state index in [1.807, 2.05) is 0 Å². The highest BCUT2D eigenvalue weighted by molar-refractivity contribution is 6.02. The number of rotatable bonds is 5. The smallest absolute Gasteiger partial charge is 0.411 e. The van der Waals surface area contributed by atoms with Crippen molar-refractivity contribution in [3.8, 4) is 0 Å². The first kappa shape index (κ1) is 22.5. The quantitative estimate of drug-likeness (QED) is 0.490. The van der Waals surface area contributed by atoms with Crippen molar-refractivity contribution in [3.05, 3.63) is 79.9 Å². The van der Waals surface area contributed by atoms with Crippen LogP contribution in [0.2, 0.25) is 0 Å². The van der Waals surface area contributed by atoms with Crippen LogP contribution in [0.3, 0.4) is 0 Å². The van der Waals surface area contributed by atoms with E-state index in [9.17, 15) is 34.6 Å². The SMILES string of the molecule is NC(=O)OCc1ccc([N+](=O)[O-])cc1.O=C(O)NC(=O)c1ccc([N+](=O)[O-])cc1. The molecule has 0 bridgehead atoms. The first-order chi connectivity index (χ1) is 13.6. The van der Waals surface area contributed by atoms with Gasteiger partial charge in [0.1, 0.15) is 6.61 Å². The van der Waals surface area contributed by atoms with Crippen LogP contribution in [0.15, 0.2) is 48.5 Å². The molecule has 0 spiro atoms. The molecule has 0 radical (unpaired) electrons. The maximum absolute atomic E-state index is 11.1. The van der Waals surface area contributed by atoms with E-state index in [4.69, 9.17) is 10.8 Å². The summed E-state index contributed by atoms with van der Waals surface area (Å²) < 4.78 is 4.50. The summed E-state index contributed by atoms with van der Waals surface area (Å²) in [4.78, 5) is 50.9. The third kappa shape index (κ3) is 8.12. The number of nitrogens with zero attached hydrogens (tertiary/aromatic N) is 2. The molecule has 13 heteroatoms. The molecule has 2 rings (SSSR count). The summed E-state index contributed by atoms with van der Waals surface area (Å²) in [5.41, 5.74) is 5.27. The van der Waals surface area contributed by atoms with Gasteiger partial charge in [-0.3, -0.25) is 30.3 Å². The van der Waals surface area contributed by atoms with Crippen molar-refractivity contribution >= 4 is 29.5 Å². The summed E-state index contributed by atoms with van der Waals surface area (Å²) in [5, 5.41) is 30.4. The van der Waals surface area contributed by atoms with E-state index in [0.29, 0.717) is 5.56 Å². The molecule has 4 N–H and O–H groups in total. The number of non-ortho nitro benzene ring substituents is 2. The maximum atomic E-state index is 11.1. The molecular weight excluding hydrogens is 392 g/mol. The van der Waals surface area contributed by atoms with Crippen LogP contribution >= 0.6 is 0 Å². The molecule has 0 aliphatic heterocycles. The van der Waals surface area contributed by atoms with Crippen LogP contribution < -0.4 is 11.1 Å². The topological polar surface area (TPSA) is 205 Å². The van der Waals surface area contributed by atoms with E-state index in [2.05, 4.69) is 4.74 Å². The number of nitrogens with two attached hydrogens (primary N) is 1. The second-order valence-corrected chi connectivity index (χ2v) is 5.09. The lowest BCUT2D eigenvalue weighted by Gasteiger charge is -2.00. The Kier molecular flexibility index (Phi) is 8.19. The van der Waals surface area contributed by atoms with Crippen LogP contribution in [0.25, 0.3) is 0 Å². The molecule has 0 saturated carbocycles. The van der Waals surface area contributed by atoms with E-state index in [1.165, 1.54) is 36.4 Å². The largest absolute Gasteiger partial charge is 0.465 e. The number of carboxylic acid groups (broad SMARTS) is 1. The van der Waals surface area contributed by atoms with E-state index >= 15 is 0 Å². The molecule has 29 heavy (non-hydrogen) atoms. The molecule has 0 aliphatic rings. The van der Waals surface area contributed by atoms with E-state index in [-0.39, 0.29) is 23.5 Å². The monoisotopic (exact) mass is 406 g/mol. The summed E-state index contributed by atoms with van der Waals surface area (Å²) in [6.07, 6.45) is -2.35. The number of hydrogen-bond acceptors (Lipinski definition) is 8. The van der Waals surface area contributed by atoms with Crippen molar-refractivity contribution in [2.45, 2.75) is 6.61 Å². The number of ether oxygens (including phenoxy) is 1. The van der Waals surface area contributed by atoms with Crippen molar-refractivity contribution in [2.75, 3.05) is 0 Å². The molecule has 0 aromatic heterocycles. The van der Waals surface area contributed by atoms with Crippen LogP contribution in [0.5, 0.6) is 0 Å². The number of primary amides is 1. The second-order valence-electron chi connectivity index (χ2n) is 5.09. The number of carbonyl (C=O) groups is 3. The third-order valence-electron chi connectivity index (χ3n) is 3.09. The summed E-state index contributed by atoms with van der Waals surface area (Å²) in [6, 6.07) is 10.3. The van der Waals surface area contributed by atoms with Crippen LogP contribution in [0.1, 0.15) is 15.9 Å². The Hall–Kier alpha value is -4.55. The lowest BCUT2D eigenvalue weighted by Crippen LogP contribution is -2.28. The van der Waals surface area contributed by atoms with Gasteiger partial charge in [0.25, 0.3) is 17.3 Å². The molecular formula is C16H14N4O9. The van der Waals surface area contributed by atoms with Gasteiger partial charge >= 0.3 is 12.2 Å². The number of hydrogen-bond donors (Lipinski definition) is 3. The molecule has 152 valence electrons. The summed E-state index contributed by atoms with van der Waals surface area (Å²) in [6.45, 7) is 0.0212. The van der Waals surface area contributed by atoms with Gasteiger partial charge in [0.15, 0.2) is 0 Å². The minimum absolute atomic E-state index is 0.00664. The van der Waals surface area contributed by atoms with Crippen LogP contribution in [-0.2, 0) is 11.3 Å². The van der Waals surface area contributed by atoms with E-state index < -0.39 is 27.9 Å². The standard InChI is InChI=1S/C8H6N2O5.C8H8N2O4/c11-7(9-8(12)13)5-1-3-6(4-2-5)10(14)15;9-8(11)14-5-6-1-3-7(4-2-6)10(12)13/h1-4H,(H,9,11)(H,12,13);1-4H,5H2,(H2,9,11). The Balaban J connectivity index is 0.000000291. The van der Waals surface area contributed by atoms with Crippen LogP contribution in [0, 0.1) is 20.2 Å². The highest BCUT2D eigenvalue weighted by Gasteiger charge is 2.11. The third-order valence-corrected chi connectivity index (χ3v) is 3.09. The number of nitrogens with one attached hydrogen (secondary N) is 1. The minimum atomic E-state index is -1.47. The molecule has 2 aromatic rings. The molecule has 0 unspecified atom stereocenters. The number of nitro groups is 2. The van der Waals surface area contributed by atoms with E-state index in [0.717, 1.165) is 12.1 Å². The molecule has 0 atom stereocenters. The second kappa shape index (κ2) is 10.6. The lowest BCUT2D eigenvalue weighted by molar-refractivity contribution is -0.385. The van der Waals surface area contributed by atoms with Gasteiger partial charge in [-0.1, -0.05) is 0 Å². The Labute approximate surface area is 162 Å². The van der Waals surface area contributed by atoms with Gasteiger partial charge in [-0.05, 0) is 29.8 Å². The van der Waals surface area contributed by atoms with Gasteiger partial charge < -0.3 is 15.6 Å². The summed E-state index contributed by atoms with van der Waals surface area (Å²) in [7, 11) is 0. The minimum Gasteiger partial charge on any atom is -0.465 e. The number of carbonyl (C=O) groups excluding carboxylic acids is 2. The molecule has 0 heterocycles. The average Bonchev–Trinajstić information content (AvgIpc) is 2.66. The Morgan fingerprint density at radius 3 is 1.76 bits per heavy atom. The van der Waals surface area contributed by atoms with Gasteiger partial charge in [-0.15, -0.1) is 0 Å². The van der Waals surface area contributed by atoms with Crippen molar-refractivity contribution < 1.29 is 34.1 Å². The first-order valence-corrected chi connectivity index (χ1v) is 7.54. The number of benzene rings is 2. The molecule has 0 fully saturated rings. The van der Waals surface area contributed by atoms with Crippen molar-refractivity contribution in [1.29, 1.82) is 0 Å². The van der Waals surface area contributed by atoms with Crippen LogP contribution in [-0.4, -0.2) is 33.0 Å². The predicted octanol–water partition coefficient (Wildman–Crippen LogP) is 2.19. The predicted molar refractivity (Wildman–Crippen MR) is 96.1 cm³/mol.